The molecule has 2 heterocycles. The number of hydrogen-bond acceptors (Lipinski definition) is 5. The largest absolute Gasteiger partial charge is 0.356 e. The minimum Gasteiger partial charge on any atom is -0.356 e. The van der Waals surface area contributed by atoms with Crippen LogP contribution in [0.15, 0.2) is 12.4 Å². The maximum Gasteiger partial charge on any atom is 0.205 e. The van der Waals surface area contributed by atoms with Gasteiger partial charge in [0.1, 0.15) is 5.01 Å². The molecular formula is C9H13N5S. The Morgan fingerprint density at radius 1 is 1.47 bits per heavy atom. The van der Waals surface area contributed by atoms with Gasteiger partial charge in [-0.25, -0.2) is 0 Å². The maximum atomic E-state index is 4.09. The Bertz CT molecular complexity index is 433. The number of aromatic nitrogens is 4. The summed E-state index contributed by atoms with van der Waals surface area (Å²) in [6, 6.07) is 0. The molecule has 0 spiro atoms. The summed E-state index contributed by atoms with van der Waals surface area (Å²) in [6.45, 7) is 2.82. The van der Waals surface area contributed by atoms with Gasteiger partial charge in [-0.2, -0.15) is 5.10 Å². The Balaban J connectivity index is 1.93. The van der Waals surface area contributed by atoms with Gasteiger partial charge in [-0.3, -0.25) is 4.68 Å². The Kier molecular flexibility index (Phi) is 2.96. The second-order valence-corrected chi connectivity index (χ2v) is 4.29. The zero-order valence-corrected chi connectivity index (χ0v) is 9.58. The van der Waals surface area contributed by atoms with Crippen molar-refractivity contribution in [2.45, 2.75) is 19.9 Å². The number of nitrogens with one attached hydrogen (secondary N) is 1. The molecule has 0 saturated heterocycles. The van der Waals surface area contributed by atoms with Gasteiger partial charge in [0.15, 0.2) is 0 Å². The van der Waals surface area contributed by atoms with E-state index in [0.717, 1.165) is 28.7 Å². The monoisotopic (exact) mass is 223 g/mol. The molecule has 0 amide bonds. The molecule has 0 aliphatic carbocycles. The highest BCUT2D eigenvalue weighted by Gasteiger charge is 2.02. The molecule has 6 heteroatoms. The van der Waals surface area contributed by atoms with Gasteiger partial charge in [0, 0.05) is 25.4 Å². The van der Waals surface area contributed by atoms with Gasteiger partial charge >= 0.3 is 0 Å². The molecule has 0 fully saturated rings. The van der Waals surface area contributed by atoms with Crippen LogP contribution >= 0.6 is 11.3 Å². The molecule has 2 aromatic heterocycles. The van der Waals surface area contributed by atoms with Crippen molar-refractivity contribution in [2.24, 2.45) is 7.05 Å². The van der Waals surface area contributed by atoms with Crippen molar-refractivity contribution in [1.82, 2.24) is 20.0 Å². The third-order valence-electron chi connectivity index (χ3n) is 1.97. The van der Waals surface area contributed by atoms with Crippen LogP contribution in [0, 0.1) is 0 Å². The van der Waals surface area contributed by atoms with Crippen LogP contribution in [0.2, 0.25) is 0 Å². The van der Waals surface area contributed by atoms with Gasteiger partial charge in [0.25, 0.3) is 0 Å². The molecule has 1 N–H and O–H groups in total. The molecular weight excluding hydrogens is 210 g/mol. The van der Waals surface area contributed by atoms with E-state index < -0.39 is 0 Å². The van der Waals surface area contributed by atoms with Crippen molar-refractivity contribution in [2.75, 3.05) is 5.32 Å². The van der Waals surface area contributed by atoms with E-state index in [1.807, 2.05) is 19.4 Å². The molecule has 0 atom stereocenters. The fourth-order valence-corrected chi connectivity index (χ4v) is 1.88. The number of hydrogen-bond donors (Lipinski definition) is 1. The third-order valence-corrected chi connectivity index (χ3v) is 3.00. The number of rotatable bonds is 4. The standard InChI is InChI=1S/C9H13N5S/c1-3-8-12-13-9(15-8)10-4-7-5-11-14(2)6-7/h5-6H,3-4H2,1-2H3,(H,10,13). The molecule has 2 rings (SSSR count). The molecule has 5 nitrogen and oxygen atoms in total. The number of anilines is 1. The molecule has 80 valence electrons. The van der Waals surface area contributed by atoms with Gasteiger partial charge < -0.3 is 5.32 Å². The van der Waals surface area contributed by atoms with Crippen LogP contribution in [-0.4, -0.2) is 20.0 Å². The van der Waals surface area contributed by atoms with Gasteiger partial charge in [0.05, 0.1) is 6.20 Å². The SMILES string of the molecule is CCc1nnc(NCc2cnn(C)c2)s1. The molecule has 0 aliphatic rings. The summed E-state index contributed by atoms with van der Waals surface area (Å²) in [4.78, 5) is 0. The highest BCUT2D eigenvalue weighted by molar-refractivity contribution is 7.15. The maximum absolute atomic E-state index is 4.09. The Labute approximate surface area is 92.2 Å². The van der Waals surface area contributed by atoms with Crippen molar-refractivity contribution in [3.05, 3.63) is 23.0 Å². The lowest BCUT2D eigenvalue weighted by Gasteiger charge is -1.97. The van der Waals surface area contributed by atoms with E-state index >= 15 is 0 Å². The Morgan fingerprint density at radius 2 is 2.33 bits per heavy atom. The van der Waals surface area contributed by atoms with Gasteiger partial charge in [-0.1, -0.05) is 18.3 Å². The minimum atomic E-state index is 0.742. The molecule has 0 aliphatic heterocycles. The lowest BCUT2D eigenvalue weighted by Crippen LogP contribution is -1.97. The lowest BCUT2D eigenvalue weighted by molar-refractivity contribution is 0.767. The van der Waals surface area contributed by atoms with E-state index in [1.165, 1.54) is 0 Å². The first-order valence-electron chi connectivity index (χ1n) is 4.81. The van der Waals surface area contributed by atoms with E-state index in [9.17, 15) is 0 Å². The van der Waals surface area contributed by atoms with Crippen LogP contribution < -0.4 is 5.32 Å². The number of nitrogens with zero attached hydrogens (tertiary/aromatic N) is 4. The summed E-state index contributed by atoms with van der Waals surface area (Å²) >= 11 is 1.60. The second-order valence-electron chi connectivity index (χ2n) is 3.23. The average Bonchev–Trinajstić information content (AvgIpc) is 2.83. The lowest BCUT2D eigenvalue weighted by atomic mass is 10.4. The summed E-state index contributed by atoms with van der Waals surface area (Å²) in [5.74, 6) is 0. The van der Waals surface area contributed by atoms with Crippen molar-refractivity contribution < 1.29 is 0 Å². The highest BCUT2D eigenvalue weighted by Crippen LogP contribution is 2.16. The molecule has 0 radical (unpaired) electrons. The second kappa shape index (κ2) is 4.39. The fourth-order valence-electron chi connectivity index (χ4n) is 1.21. The highest BCUT2D eigenvalue weighted by atomic mass is 32.1. The van der Waals surface area contributed by atoms with Crippen LogP contribution in [0.1, 0.15) is 17.5 Å². The van der Waals surface area contributed by atoms with Crippen molar-refractivity contribution in [3.63, 3.8) is 0 Å². The van der Waals surface area contributed by atoms with Gasteiger partial charge in [0.2, 0.25) is 5.13 Å². The smallest absolute Gasteiger partial charge is 0.205 e. The van der Waals surface area contributed by atoms with E-state index in [0.29, 0.717) is 0 Å². The topological polar surface area (TPSA) is 55.6 Å². The first-order chi connectivity index (χ1) is 7.28. The zero-order chi connectivity index (χ0) is 10.7. The molecule has 2 aromatic rings. The molecule has 0 bridgehead atoms. The van der Waals surface area contributed by atoms with Crippen LogP contribution in [-0.2, 0) is 20.0 Å². The normalized spacial score (nSPS) is 10.5. The molecule has 0 unspecified atom stereocenters. The summed E-state index contributed by atoms with van der Waals surface area (Å²) in [6.07, 6.45) is 4.76. The zero-order valence-electron chi connectivity index (χ0n) is 8.77. The van der Waals surface area contributed by atoms with Crippen LogP contribution in [0.3, 0.4) is 0 Å². The van der Waals surface area contributed by atoms with Gasteiger partial charge in [-0.15, -0.1) is 10.2 Å². The first kappa shape index (κ1) is 10.1. The van der Waals surface area contributed by atoms with E-state index in [4.69, 9.17) is 0 Å². The van der Waals surface area contributed by atoms with Crippen molar-refractivity contribution in [3.8, 4) is 0 Å². The Hall–Kier alpha value is -1.43. The van der Waals surface area contributed by atoms with Crippen molar-refractivity contribution in [1.29, 1.82) is 0 Å². The summed E-state index contributed by atoms with van der Waals surface area (Å²) in [5, 5.41) is 17.3. The minimum absolute atomic E-state index is 0.742. The Morgan fingerprint density at radius 3 is 2.93 bits per heavy atom. The molecule has 15 heavy (non-hydrogen) atoms. The van der Waals surface area contributed by atoms with Crippen LogP contribution in [0.25, 0.3) is 0 Å². The summed E-state index contributed by atoms with van der Waals surface area (Å²) < 4.78 is 1.79. The fraction of sp³-hybridized carbons (Fsp3) is 0.444. The predicted molar refractivity (Wildman–Crippen MR) is 59.8 cm³/mol. The molecule has 0 aromatic carbocycles. The van der Waals surface area contributed by atoms with Crippen LogP contribution in [0.5, 0.6) is 0 Å². The van der Waals surface area contributed by atoms with E-state index in [2.05, 4.69) is 27.5 Å². The molecule has 0 saturated carbocycles. The number of aryl methyl sites for hydroxylation is 2. The van der Waals surface area contributed by atoms with Crippen molar-refractivity contribution >= 4 is 16.5 Å². The average molecular weight is 223 g/mol. The van der Waals surface area contributed by atoms with E-state index in [-0.39, 0.29) is 0 Å². The van der Waals surface area contributed by atoms with E-state index in [1.54, 1.807) is 16.0 Å². The quantitative estimate of drug-likeness (QED) is 0.852. The first-order valence-corrected chi connectivity index (χ1v) is 5.63. The summed E-state index contributed by atoms with van der Waals surface area (Å²) in [5.41, 5.74) is 1.14. The third kappa shape index (κ3) is 2.53. The summed E-state index contributed by atoms with van der Waals surface area (Å²) in [7, 11) is 1.91. The van der Waals surface area contributed by atoms with Gasteiger partial charge in [-0.05, 0) is 6.42 Å². The van der Waals surface area contributed by atoms with Crippen LogP contribution in [0.4, 0.5) is 5.13 Å². The predicted octanol–water partition coefficient (Wildman–Crippen LogP) is 1.45.